The summed E-state index contributed by atoms with van der Waals surface area (Å²) in [7, 11) is 0. The lowest BCUT2D eigenvalue weighted by Crippen LogP contribution is -2.39. The third kappa shape index (κ3) is 7.43. The Hall–Kier alpha value is -1.59. The number of hydrogen-bond donors (Lipinski definition) is 3. The number of aliphatic hydroxyl groups is 1. The number of benzene rings is 1. The lowest BCUT2D eigenvalue weighted by Gasteiger charge is -2.17. The van der Waals surface area contributed by atoms with Gasteiger partial charge in [-0.25, -0.2) is 0 Å². The largest absolute Gasteiger partial charge is 0.387 e. The summed E-state index contributed by atoms with van der Waals surface area (Å²) < 4.78 is 0. The van der Waals surface area contributed by atoms with Gasteiger partial charge in [0.2, 0.25) is 11.8 Å². The number of carbonyl (C=O) groups is 2. The van der Waals surface area contributed by atoms with E-state index in [-0.39, 0.29) is 30.3 Å². The van der Waals surface area contributed by atoms with Crippen LogP contribution in [-0.4, -0.2) is 30.0 Å². The van der Waals surface area contributed by atoms with Gasteiger partial charge in [0.05, 0.1) is 12.6 Å². The molecule has 0 saturated carbocycles. The Bertz CT molecular complexity index is 509. The first-order valence-corrected chi connectivity index (χ1v) is 7.52. The van der Waals surface area contributed by atoms with Crippen molar-refractivity contribution in [3.05, 3.63) is 34.9 Å². The van der Waals surface area contributed by atoms with Crippen LogP contribution in [0.5, 0.6) is 0 Å². The number of aliphatic hydroxyl groups excluding tert-OH is 1. The molecule has 1 aromatic carbocycles. The molecule has 3 N–H and O–H groups in total. The van der Waals surface area contributed by atoms with Crippen LogP contribution in [0.4, 0.5) is 0 Å². The van der Waals surface area contributed by atoms with E-state index in [1.54, 1.807) is 24.3 Å². The maximum absolute atomic E-state index is 11.6. The minimum atomic E-state index is -0.813. The zero-order valence-electron chi connectivity index (χ0n) is 13.1. The zero-order chi connectivity index (χ0) is 16.8. The van der Waals surface area contributed by atoms with E-state index in [0.717, 1.165) is 0 Å². The van der Waals surface area contributed by atoms with Crippen molar-refractivity contribution in [3.8, 4) is 0 Å². The molecule has 6 heteroatoms. The highest BCUT2D eigenvalue weighted by atomic mass is 35.5. The second-order valence-electron chi connectivity index (χ2n) is 6.39. The standard InChI is InChI=1S/C16H23ClN2O3/c1-16(2,3)8-14(21)19-10-15(22)18-9-13(20)11-4-6-12(17)7-5-11/h4-7,13,20H,8-10H2,1-3H3,(H,18,22)(H,19,21). The summed E-state index contributed by atoms with van der Waals surface area (Å²) in [5.74, 6) is -0.504. The van der Waals surface area contributed by atoms with Crippen molar-refractivity contribution in [2.75, 3.05) is 13.1 Å². The van der Waals surface area contributed by atoms with Gasteiger partial charge >= 0.3 is 0 Å². The fraction of sp³-hybridized carbons (Fsp3) is 0.500. The second-order valence-corrected chi connectivity index (χ2v) is 6.82. The van der Waals surface area contributed by atoms with Crippen LogP contribution in [0.2, 0.25) is 5.02 Å². The molecule has 1 unspecified atom stereocenters. The number of halogens is 1. The Kier molecular flexibility index (Phi) is 6.84. The molecule has 1 atom stereocenters. The Balaban J connectivity index is 2.31. The van der Waals surface area contributed by atoms with E-state index in [2.05, 4.69) is 10.6 Å². The molecule has 122 valence electrons. The van der Waals surface area contributed by atoms with Gasteiger partial charge in [0.1, 0.15) is 0 Å². The molecule has 0 heterocycles. The van der Waals surface area contributed by atoms with Gasteiger partial charge in [-0.3, -0.25) is 9.59 Å². The van der Waals surface area contributed by atoms with Crippen LogP contribution in [0.3, 0.4) is 0 Å². The van der Waals surface area contributed by atoms with Crippen molar-refractivity contribution in [3.63, 3.8) is 0 Å². The van der Waals surface area contributed by atoms with E-state index in [0.29, 0.717) is 17.0 Å². The third-order valence-electron chi connectivity index (χ3n) is 2.88. The van der Waals surface area contributed by atoms with Gasteiger partial charge in [-0.1, -0.05) is 44.5 Å². The molecule has 0 fully saturated rings. The Morgan fingerprint density at radius 2 is 1.73 bits per heavy atom. The lowest BCUT2D eigenvalue weighted by atomic mass is 9.92. The van der Waals surface area contributed by atoms with Crippen molar-refractivity contribution in [1.29, 1.82) is 0 Å². The smallest absolute Gasteiger partial charge is 0.239 e. The van der Waals surface area contributed by atoms with Crippen LogP contribution < -0.4 is 10.6 Å². The maximum atomic E-state index is 11.6. The monoisotopic (exact) mass is 326 g/mol. The number of amides is 2. The fourth-order valence-electron chi connectivity index (χ4n) is 1.80. The molecule has 0 saturated heterocycles. The minimum Gasteiger partial charge on any atom is -0.387 e. The van der Waals surface area contributed by atoms with E-state index in [4.69, 9.17) is 11.6 Å². The minimum absolute atomic E-state index is 0.0790. The van der Waals surface area contributed by atoms with E-state index in [9.17, 15) is 14.7 Å². The van der Waals surface area contributed by atoms with Gasteiger partial charge < -0.3 is 15.7 Å². The molecule has 0 aromatic heterocycles. The quantitative estimate of drug-likeness (QED) is 0.748. The summed E-state index contributed by atoms with van der Waals surface area (Å²) in [5, 5.41) is 15.7. The summed E-state index contributed by atoms with van der Waals surface area (Å²) in [5.41, 5.74) is 0.548. The van der Waals surface area contributed by atoms with E-state index < -0.39 is 6.10 Å². The SMILES string of the molecule is CC(C)(C)CC(=O)NCC(=O)NCC(O)c1ccc(Cl)cc1. The van der Waals surface area contributed by atoms with Crippen LogP contribution >= 0.6 is 11.6 Å². The zero-order valence-corrected chi connectivity index (χ0v) is 13.9. The molecule has 0 aliphatic heterocycles. The molecule has 1 aromatic rings. The topological polar surface area (TPSA) is 78.4 Å². The molecule has 2 amide bonds. The Morgan fingerprint density at radius 1 is 1.14 bits per heavy atom. The molecule has 0 bridgehead atoms. The molecule has 0 spiro atoms. The summed E-state index contributed by atoms with van der Waals surface area (Å²) in [4.78, 5) is 23.2. The number of nitrogens with one attached hydrogen (secondary N) is 2. The molecule has 0 radical (unpaired) electrons. The van der Waals surface area contributed by atoms with Crippen molar-refractivity contribution in [1.82, 2.24) is 10.6 Å². The van der Waals surface area contributed by atoms with Gasteiger partial charge in [0, 0.05) is 18.0 Å². The van der Waals surface area contributed by atoms with Crippen LogP contribution in [0.1, 0.15) is 38.9 Å². The first-order chi connectivity index (χ1) is 10.2. The second kappa shape index (κ2) is 8.15. The highest BCUT2D eigenvalue weighted by molar-refractivity contribution is 6.30. The number of rotatable bonds is 6. The average molecular weight is 327 g/mol. The van der Waals surface area contributed by atoms with Gasteiger partial charge in [-0.2, -0.15) is 0 Å². The van der Waals surface area contributed by atoms with Gasteiger partial charge in [0.15, 0.2) is 0 Å². The predicted octanol–water partition coefficient (Wildman–Crippen LogP) is 2.04. The highest BCUT2D eigenvalue weighted by Gasteiger charge is 2.16. The van der Waals surface area contributed by atoms with E-state index >= 15 is 0 Å². The average Bonchev–Trinajstić information content (AvgIpc) is 2.41. The van der Waals surface area contributed by atoms with E-state index in [1.807, 2.05) is 20.8 Å². The molecule has 1 rings (SSSR count). The lowest BCUT2D eigenvalue weighted by molar-refractivity contribution is -0.127. The van der Waals surface area contributed by atoms with Gasteiger partial charge in [-0.15, -0.1) is 0 Å². The first-order valence-electron chi connectivity index (χ1n) is 7.14. The molecule has 5 nitrogen and oxygen atoms in total. The van der Waals surface area contributed by atoms with Crippen LogP contribution in [0.15, 0.2) is 24.3 Å². The van der Waals surface area contributed by atoms with Crippen LogP contribution in [-0.2, 0) is 9.59 Å². The molecule has 22 heavy (non-hydrogen) atoms. The molecular weight excluding hydrogens is 304 g/mol. The van der Waals surface area contributed by atoms with Crippen molar-refractivity contribution in [2.24, 2.45) is 5.41 Å². The fourth-order valence-corrected chi connectivity index (χ4v) is 1.92. The Morgan fingerprint density at radius 3 is 2.27 bits per heavy atom. The van der Waals surface area contributed by atoms with Gasteiger partial charge in [-0.05, 0) is 23.1 Å². The van der Waals surface area contributed by atoms with Crippen molar-refractivity contribution >= 4 is 23.4 Å². The van der Waals surface area contributed by atoms with Crippen LogP contribution in [0.25, 0.3) is 0 Å². The van der Waals surface area contributed by atoms with Crippen molar-refractivity contribution < 1.29 is 14.7 Å². The summed E-state index contributed by atoms with van der Waals surface area (Å²) in [6.45, 7) is 5.84. The summed E-state index contributed by atoms with van der Waals surface area (Å²) >= 11 is 5.77. The van der Waals surface area contributed by atoms with Crippen molar-refractivity contribution in [2.45, 2.75) is 33.3 Å². The number of carbonyl (C=O) groups excluding carboxylic acids is 2. The van der Waals surface area contributed by atoms with E-state index in [1.165, 1.54) is 0 Å². The summed E-state index contributed by atoms with van der Waals surface area (Å²) in [6.07, 6.45) is -0.459. The predicted molar refractivity (Wildman–Crippen MR) is 86.5 cm³/mol. The van der Waals surface area contributed by atoms with Gasteiger partial charge in [0.25, 0.3) is 0 Å². The normalized spacial score (nSPS) is 12.6. The summed E-state index contributed by atoms with van der Waals surface area (Å²) in [6, 6.07) is 6.75. The Labute approximate surface area is 136 Å². The maximum Gasteiger partial charge on any atom is 0.239 e. The molecule has 0 aliphatic rings. The highest BCUT2D eigenvalue weighted by Crippen LogP contribution is 2.17. The molecule has 0 aliphatic carbocycles. The molecular formula is C16H23ClN2O3. The third-order valence-corrected chi connectivity index (χ3v) is 3.14. The first kappa shape index (κ1) is 18.5. The number of hydrogen-bond acceptors (Lipinski definition) is 3. The van der Waals surface area contributed by atoms with Crippen LogP contribution in [0, 0.1) is 5.41 Å².